The maximum atomic E-state index is 6.11. The van der Waals surface area contributed by atoms with Crippen molar-refractivity contribution in [2.45, 2.75) is 19.9 Å². The van der Waals surface area contributed by atoms with Gasteiger partial charge in [-0.1, -0.05) is 19.1 Å². The van der Waals surface area contributed by atoms with Crippen molar-refractivity contribution in [2.24, 2.45) is 5.73 Å². The van der Waals surface area contributed by atoms with Gasteiger partial charge in [-0.15, -0.1) is 0 Å². The molecule has 0 aliphatic carbocycles. The summed E-state index contributed by atoms with van der Waals surface area (Å²) >= 11 is 0. The van der Waals surface area contributed by atoms with Gasteiger partial charge in [-0.3, -0.25) is 4.90 Å². The third-order valence-corrected chi connectivity index (χ3v) is 4.40. The summed E-state index contributed by atoms with van der Waals surface area (Å²) in [6.45, 7) is 10.8. The van der Waals surface area contributed by atoms with E-state index in [-0.39, 0.29) is 6.04 Å². The second kappa shape index (κ2) is 8.36. The van der Waals surface area contributed by atoms with Gasteiger partial charge >= 0.3 is 0 Å². The molecule has 2 rings (SSSR count). The van der Waals surface area contributed by atoms with Crippen LogP contribution in [-0.2, 0) is 0 Å². The molecule has 1 fully saturated rings. The lowest BCUT2D eigenvalue weighted by molar-refractivity contribution is 0.100. The molecule has 1 atom stereocenters. The minimum absolute atomic E-state index is 0.177. The molecule has 1 saturated heterocycles. The van der Waals surface area contributed by atoms with Crippen LogP contribution in [0.1, 0.15) is 25.5 Å². The average molecular weight is 307 g/mol. The molecule has 0 aromatic heterocycles. The predicted octanol–water partition coefficient (Wildman–Crippen LogP) is 1.73. The summed E-state index contributed by atoms with van der Waals surface area (Å²) in [6, 6.07) is 6.24. The molecule has 0 saturated carbocycles. The van der Waals surface area contributed by atoms with Crippen LogP contribution in [0, 0.1) is 0 Å². The summed E-state index contributed by atoms with van der Waals surface area (Å²) in [7, 11) is 1.68. The van der Waals surface area contributed by atoms with Crippen molar-refractivity contribution in [1.82, 2.24) is 9.80 Å². The Bertz CT molecular complexity index is 459. The van der Waals surface area contributed by atoms with Crippen LogP contribution in [0.4, 0.5) is 0 Å². The Morgan fingerprint density at radius 3 is 2.45 bits per heavy atom. The fraction of sp³-hybridized carbons (Fsp3) is 0.647. The van der Waals surface area contributed by atoms with Gasteiger partial charge in [-0.05, 0) is 19.5 Å². The van der Waals surface area contributed by atoms with Gasteiger partial charge in [0.1, 0.15) is 0 Å². The average Bonchev–Trinajstić information content (AvgIpc) is 2.57. The van der Waals surface area contributed by atoms with Gasteiger partial charge in [0, 0.05) is 38.3 Å². The van der Waals surface area contributed by atoms with Crippen molar-refractivity contribution in [3.05, 3.63) is 23.8 Å². The normalized spacial score (nSPS) is 18.2. The Morgan fingerprint density at radius 1 is 1.18 bits per heavy atom. The third kappa shape index (κ3) is 3.72. The molecule has 2 N–H and O–H groups in total. The number of ether oxygens (including phenoxy) is 2. The number of para-hydroxylation sites is 1. The number of hydrogen-bond acceptors (Lipinski definition) is 5. The number of piperazine rings is 1. The summed E-state index contributed by atoms with van der Waals surface area (Å²) in [5.41, 5.74) is 7.24. The summed E-state index contributed by atoms with van der Waals surface area (Å²) in [5, 5.41) is 0. The molecule has 5 heteroatoms. The van der Waals surface area contributed by atoms with Crippen LogP contribution in [0.2, 0.25) is 0 Å². The van der Waals surface area contributed by atoms with Gasteiger partial charge in [-0.25, -0.2) is 0 Å². The van der Waals surface area contributed by atoms with E-state index < -0.39 is 0 Å². The molecular formula is C17H29N3O2. The molecule has 0 bridgehead atoms. The fourth-order valence-corrected chi connectivity index (χ4v) is 3.12. The number of rotatable bonds is 7. The van der Waals surface area contributed by atoms with E-state index in [1.165, 1.54) is 0 Å². The Balaban J connectivity index is 2.23. The highest BCUT2D eigenvalue weighted by molar-refractivity contribution is 5.48. The van der Waals surface area contributed by atoms with Crippen LogP contribution in [0.25, 0.3) is 0 Å². The highest BCUT2D eigenvalue weighted by Crippen LogP contribution is 2.37. The minimum Gasteiger partial charge on any atom is -0.493 e. The zero-order chi connectivity index (χ0) is 15.9. The number of nitrogens with zero attached hydrogens (tertiary/aromatic N) is 2. The molecule has 1 aliphatic heterocycles. The number of likely N-dealkylation sites (N-methyl/N-ethyl adjacent to an activating group) is 1. The number of methoxy groups -OCH3 is 1. The van der Waals surface area contributed by atoms with Gasteiger partial charge in [0.25, 0.3) is 0 Å². The van der Waals surface area contributed by atoms with Crippen molar-refractivity contribution >= 4 is 0 Å². The molecule has 0 spiro atoms. The highest BCUT2D eigenvalue weighted by Gasteiger charge is 2.27. The lowest BCUT2D eigenvalue weighted by atomic mass is 10.0. The van der Waals surface area contributed by atoms with Gasteiger partial charge in [-0.2, -0.15) is 0 Å². The molecule has 1 aromatic rings. The van der Waals surface area contributed by atoms with E-state index in [1.807, 2.05) is 19.1 Å². The summed E-state index contributed by atoms with van der Waals surface area (Å²) in [6.07, 6.45) is 0. The van der Waals surface area contributed by atoms with Crippen LogP contribution in [0.15, 0.2) is 18.2 Å². The van der Waals surface area contributed by atoms with E-state index in [9.17, 15) is 0 Å². The number of hydrogen-bond donors (Lipinski definition) is 1. The summed E-state index contributed by atoms with van der Waals surface area (Å²) in [5.74, 6) is 1.62. The van der Waals surface area contributed by atoms with E-state index in [0.717, 1.165) is 49.8 Å². The van der Waals surface area contributed by atoms with Crippen molar-refractivity contribution in [3.8, 4) is 11.5 Å². The Labute approximate surface area is 134 Å². The van der Waals surface area contributed by atoms with Crippen molar-refractivity contribution < 1.29 is 9.47 Å². The Hall–Kier alpha value is -1.30. The van der Waals surface area contributed by atoms with Crippen LogP contribution >= 0.6 is 0 Å². The minimum atomic E-state index is 0.177. The van der Waals surface area contributed by atoms with Crippen LogP contribution in [-0.4, -0.2) is 62.8 Å². The SMILES string of the molecule is CCOc1c(OC)cccc1C(CN)N1CCN(CC)CC1. The van der Waals surface area contributed by atoms with Crippen molar-refractivity contribution in [1.29, 1.82) is 0 Å². The number of nitrogens with two attached hydrogens (primary N) is 1. The smallest absolute Gasteiger partial charge is 0.165 e. The molecule has 22 heavy (non-hydrogen) atoms. The topological polar surface area (TPSA) is 51.0 Å². The first-order chi connectivity index (χ1) is 10.7. The zero-order valence-electron chi connectivity index (χ0n) is 14.0. The van der Waals surface area contributed by atoms with Gasteiger partial charge in [0.05, 0.1) is 19.8 Å². The number of benzene rings is 1. The molecule has 124 valence electrons. The molecule has 5 nitrogen and oxygen atoms in total. The second-order valence-electron chi connectivity index (χ2n) is 5.53. The lowest BCUT2D eigenvalue weighted by Crippen LogP contribution is -2.48. The van der Waals surface area contributed by atoms with Crippen LogP contribution in [0.5, 0.6) is 11.5 Å². The predicted molar refractivity (Wildman–Crippen MR) is 89.6 cm³/mol. The van der Waals surface area contributed by atoms with E-state index in [1.54, 1.807) is 7.11 Å². The van der Waals surface area contributed by atoms with Gasteiger partial charge in [0.15, 0.2) is 11.5 Å². The lowest BCUT2D eigenvalue weighted by Gasteiger charge is -2.39. The third-order valence-electron chi connectivity index (χ3n) is 4.40. The van der Waals surface area contributed by atoms with E-state index in [2.05, 4.69) is 22.8 Å². The highest BCUT2D eigenvalue weighted by atomic mass is 16.5. The van der Waals surface area contributed by atoms with Crippen LogP contribution in [0.3, 0.4) is 0 Å². The monoisotopic (exact) mass is 307 g/mol. The standard InChI is InChI=1S/C17H29N3O2/c1-4-19-9-11-20(12-10-19)15(13-18)14-7-6-8-16(21-3)17(14)22-5-2/h6-8,15H,4-5,9-13,18H2,1-3H3. The molecule has 1 unspecified atom stereocenters. The molecule has 1 heterocycles. The van der Waals surface area contributed by atoms with Gasteiger partial charge < -0.3 is 20.1 Å². The molecule has 0 radical (unpaired) electrons. The Kier molecular flexibility index (Phi) is 6.49. The zero-order valence-corrected chi connectivity index (χ0v) is 14.0. The molecule has 1 aromatic carbocycles. The quantitative estimate of drug-likeness (QED) is 0.831. The summed E-state index contributed by atoms with van der Waals surface area (Å²) < 4.78 is 11.3. The maximum absolute atomic E-state index is 6.11. The molecule has 1 aliphatic rings. The first-order valence-electron chi connectivity index (χ1n) is 8.21. The first-order valence-corrected chi connectivity index (χ1v) is 8.21. The Morgan fingerprint density at radius 2 is 1.91 bits per heavy atom. The van der Waals surface area contributed by atoms with E-state index in [0.29, 0.717) is 13.2 Å². The van der Waals surface area contributed by atoms with Crippen molar-refractivity contribution in [3.63, 3.8) is 0 Å². The maximum Gasteiger partial charge on any atom is 0.165 e. The molecular weight excluding hydrogens is 278 g/mol. The van der Waals surface area contributed by atoms with Crippen molar-refractivity contribution in [2.75, 3.05) is 53.0 Å². The van der Waals surface area contributed by atoms with E-state index >= 15 is 0 Å². The second-order valence-corrected chi connectivity index (χ2v) is 5.53. The molecule has 0 amide bonds. The fourth-order valence-electron chi connectivity index (χ4n) is 3.12. The summed E-state index contributed by atoms with van der Waals surface area (Å²) in [4.78, 5) is 4.93. The largest absolute Gasteiger partial charge is 0.493 e. The van der Waals surface area contributed by atoms with Crippen LogP contribution < -0.4 is 15.2 Å². The van der Waals surface area contributed by atoms with Gasteiger partial charge in [0.2, 0.25) is 0 Å². The van der Waals surface area contributed by atoms with E-state index in [4.69, 9.17) is 15.2 Å². The first kappa shape index (κ1) is 17.1.